The Balaban J connectivity index is 1.69. The number of carbonyl (C=O) groups is 1. The fourth-order valence-corrected chi connectivity index (χ4v) is 4.12. The molecule has 7 heteroatoms. The summed E-state index contributed by atoms with van der Waals surface area (Å²) >= 11 is 0. The molecule has 27 heavy (non-hydrogen) atoms. The van der Waals surface area contributed by atoms with Gasteiger partial charge >= 0.3 is 0 Å². The average Bonchev–Trinajstić information content (AvgIpc) is 2.62. The minimum atomic E-state index is -3.59. The Hall–Kier alpha value is -2.25. The molecule has 2 aromatic rings. The van der Waals surface area contributed by atoms with E-state index in [1.807, 2.05) is 18.2 Å². The Morgan fingerprint density at radius 3 is 2.59 bits per heavy atom. The SMILES string of the molecule is CS(=O)(=O)N(CC(=O)N[C@@H]1CCCc2ccccc21)Cc1ccc(F)cc1. The number of sulfonamides is 1. The van der Waals surface area contributed by atoms with E-state index in [1.54, 1.807) is 0 Å². The first-order valence-corrected chi connectivity index (χ1v) is 10.7. The molecule has 144 valence electrons. The van der Waals surface area contributed by atoms with Crippen molar-refractivity contribution in [3.8, 4) is 0 Å². The molecule has 0 bridgehead atoms. The second kappa shape index (κ2) is 8.19. The molecule has 5 nitrogen and oxygen atoms in total. The summed E-state index contributed by atoms with van der Waals surface area (Å²) in [6.45, 7) is -0.247. The lowest BCUT2D eigenvalue weighted by molar-refractivity contribution is -0.122. The van der Waals surface area contributed by atoms with E-state index in [-0.39, 0.29) is 25.0 Å². The Bertz CT molecular complexity index is 913. The van der Waals surface area contributed by atoms with Crippen LogP contribution in [0.4, 0.5) is 4.39 Å². The van der Waals surface area contributed by atoms with Crippen LogP contribution in [-0.4, -0.2) is 31.4 Å². The summed E-state index contributed by atoms with van der Waals surface area (Å²) in [5.74, 6) is -0.734. The van der Waals surface area contributed by atoms with Crippen LogP contribution in [0.2, 0.25) is 0 Å². The van der Waals surface area contributed by atoms with Crippen molar-refractivity contribution in [2.24, 2.45) is 0 Å². The number of hydrogen-bond acceptors (Lipinski definition) is 3. The maximum absolute atomic E-state index is 13.1. The molecule has 1 atom stereocenters. The van der Waals surface area contributed by atoms with Crippen LogP contribution in [0.15, 0.2) is 48.5 Å². The fraction of sp³-hybridized carbons (Fsp3) is 0.350. The summed E-state index contributed by atoms with van der Waals surface area (Å²) in [6, 6.07) is 13.5. The number of amides is 1. The molecule has 0 spiro atoms. The van der Waals surface area contributed by atoms with Crippen molar-refractivity contribution in [3.05, 3.63) is 71.0 Å². The van der Waals surface area contributed by atoms with Crippen LogP contribution < -0.4 is 5.32 Å². The maximum atomic E-state index is 13.1. The maximum Gasteiger partial charge on any atom is 0.235 e. The van der Waals surface area contributed by atoms with E-state index < -0.39 is 15.8 Å². The predicted molar refractivity (Wildman–Crippen MR) is 102 cm³/mol. The molecule has 1 N–H and O–H groups in total. The lowest BCUT2D eigenvalue weighted by Crippen LogP contribution is -2.41. The van der Waals surface area contributed by atoms with Crippen LogP contribution in [-0.2, 0) is 27.8 Å². The molecule has 0 heterocycles. The van der Waals surface area contributed by atoms with Crippen molar-refractivity contribution >= 4 is 15.9 Å². The predicted octanol–water partition coefficient (Wildman–Crippen LogP) is 2.78. The molecule has 0 aromatic heterocycles. The number of hydrogen-bond donors (Lipinski definition) is 1. The van der Waals surface area contributed by atoms with Gasteiger partial charge in [0.05, 0.1) is 18.8 Å². The first-order valence-electron chi connectivity index (χ1n) is 8.89. The van der Waals surface area contributed by atoms with Crippen molar-refractivity contribution < 1.29 is 17.6 Å². The van der Waals surface area contributed by atoms with Crippen LogP contribution in [0.1, 0.15) is 35.6 Å². The van der Waals surface area contributed by atoms with Crippen LogP contribution >= 0.6 is 0 Å². The number of aryl methyl sites for hydroxylation is 1. The zero-order chi connectivity index (χ0) is 19.4. The second-order valence-electron chi connectivity index (χ2n) is 6.87. The second-order valence-corrected chi connectivity index (χ2v) is 8.85. The van der Waals surface area contributed by atoms with Crippen molar-refractivity contribution in [2.75, 3.05) is 12.8 Å². The van der Waals surface area contributed by atoms with E-state index in [0.717, 1.165) is 35.4 Å². The Morgan fingerprint density at radius 2 is 1.89 bits per heavy atom. The van der Waals surface area contributed by atoms with Gasteiger partial charge in [0.15, 0.2) is 0 Å². The van der Waals surface area contributed by atoms with Gasteiger partial charge in [0.2, 0.25) is 15.9 Å². The molecule has 1 amide bonds. The topological polar surface area (TPSA) is 66.5 Å². The number of benzene rings is 2. The van der Waals surface area contributed by atoms with Gasteiger partial charge in [0.1, 0.15) is 5.82 Å². The Morgan fingerprint density at radius 1 is 1.19 bits per heavy atom. The summed E-state index contributed by atoms with van der Waals surface area (Å²) in [6.07, 6.45) is 3.87. The number of fused-ring (bicyclic) bond motifs is 1. The van der Waals surface area contributed by atoms with E-state index in [1.165, 1.54) is 29.8 Å². The lowest BCUT2D eigenvalue weighted by atomic mass is 9.88. The third-order valence-corrected chi connectivity index (χ3v) is 5.96. The number of nitrogens with zero attached hydrogens (tertiary/aromatic N) is 1. The Kier molecular flexibility index (Phi) is 5.92. The quantitative estimate of drug-likeness (QED) is 0.825. The highest BCUT2D eigenvalue weighted by Crippen LogP contribution is 2.29. The number of rotatable bonds is 6. The van der Waals surface area contributed by atoms with Crippen LogP contribution in [0.25, 0.3) is 0 Å². The zero-order valence-electron chi connectivity index (χ0n) is 15.2. The van der Waals surface area contributed by atoms with Gasteiger partial charge in [-0.3, -0.25) is 4.79 Å². The smallest absolute Gasteiger partial charge is 0.235 e. The van der Waals surface area contributed by atoms with E-state index in [9.17, 15) is 17.6 Å². The summed E-state index contributed by atoms with van der Waals surface area (Å²) in [4.78, 5) is 12.5. The van der Waals surface area contributed by atoms with Crippen LogP contribution in [0, 0.1) is 5.82 Å². The molecule has 3 rings (SSSR count). The number of halogens is 1. The van der Waals surface area contributed by atoms with Gasteiger partial charge < -0.3 is 5.32 Å². The van der Waals surface area contributed by atoms with Gasteiger partial charge in [-0.25, -0.2) is 12.8 Å². The molecule has 1 aliphatic carbocycles. The molecular weight excluding hydrogens is 367 g/mol. The molecule has 0 saturated heterocycles. The fourth-order valence-electron chi connectivity index (χ4n) is 3.39. The summed E-state index contributed by atoms with van der Waals surface area (Å²) in [5.41, 5.74) is 2.94. The zero-order valence-corrected chi connectivity index (χ0v) is 16.0. The van der Waals surface area contributed by atoms with Crippen molar-refractivity contribution in [1.29, 1.82) is 0 Å². The number of nitrogens with one attached hydrogen (secondary N) is 1. The average molecular weight is 390 g/mol. The van der Waals surface area contributed by atoms with Crippen molar-refractivity contribution in [3.63, 3.8) is 0 Å². The molecule has 0 radical (unpaired) electrons. The molecule has 0 fully saturated rings. The standard InChI is InChI=1S/C20H23FN2O3S/c1-27(25,26)23(13-15-9-11-17(21)12-10-15)14-20(24)22-19-8-4-6-16-5-2-3-7-18(16)19/h2-3,5,7,9-12,19H,4,6,8,13-14H2,1H3,(H,22,24)/t19-/m1/s1. The van der Waals surface area contributed by atoms with E-state index in [0.29, 0.717) is 5.56 Å². The first kappa shape index (κ1) is 19.5. The van der Waals surface area contributed by atoms with Gasteiger partial charge in [-0.2, -0.15) is 4.31 Å². The van der Waals surface area contributed by atoms with Gasteiger partial charge in [-0.15, -0.1) is 0 Å². The van der Waals surface area contributed by atoms with E-state index in [4.69, 9.17) is 0 Å². The normalized spacial score (nSPS) is 16.8. The third kappa shape index (κ3) is 5.14. The molecule has 2 aromatic carbocycles. The third-order valence-electron chi connectivity index (χ3n) is 4.77. The Labute approximate surface area is 159 Å². The molecule has 1 aliphatic rings. The van der Waals surface area contributed by atoms with Crippen LogP contribution in [0.5, 0.6) is 0 Å². The van der Waals surface area contributed by atoms with Crippen LogP contribution in [0.3, 0.4) is 0 Å². The lowest BCUT2D eigenvalue weighted by Gasteiger charge is -2.27. The van der Waals surface area contributed by atoms with Gasteiger partial charge in [0.25, 0.3) is 0 Å². The van der Waals surface area contributed by atoms with Gasteiger partial charge in [-0.05, 0) is 48.1 Å². The minimum absolute atomic E-state index is 0.0216. The molecule has 0 aliphatic heterocycles. The molecular formula is C20H23FN2O3S. The summed E-state index contributed by atoms with van der Waals surface area (Å²) in [7, 11) is -3.59. The van der Waals surface area contributed by atoms with E-state index >= 15 is 0 Å². The highest BCUT2D eigenvalue weighted by Gasteiger charge is 2.25. The molecule has 0 unspecified atom stereocenters. The summed E-state index contributed by atoms with van der Waals surface area (Å²) in [5, 5.41) is 2.97. The van der Waals surface area contributed by atoms with Crippen molar-refractivity contribution in [2.45, 2.75) is 31.8 Å². The highest BCUT2D eigenvalue weighted by atomic mass is 32.2. The molecule has 0 saturated carbocycles. The minimum Gasteiger partial charge on any atom is -0.348 e. The number of carbonyl (C=O) groups excluding carboxylic acids is 1. The highest BCUT2D eigenvalue weighted by molar-refractivity contribution is 7.88. The van der Waals surface area contributed by atoms with Gasteiger partial charge in [-0.1, -0.05) is 36.4 Å². The van der Waals surface area contributed by atoms with Crippen molar-refractivity contribution in [1.82, 2.24) is 9.62 Å². The first-order chi connectivity index (χ1) is 12.8. The largest absolute Gasteiger partial charge is 0.348 e. The van der Waals surface area contributed by atoms with Gasteiger partial charge in [0, 0.05) is 6.54 Å². The summed E-state index contributed by atoms with van der Waals surface area (Å²) < 4.78 is 38.4. The monoisotopic (exact) mass is 390 g/mol. The van der Waals surface area contributed by atoms with E-state index in [2.05, 4.69) is 11.4 Å².